The normalized spacial score (nSPS) is 11.2. The van der Waals surface area contributed by atoms with Gasteiger partial charge in [0.05, 0.1) is 11.9 Å². The van der Waals surface area contributed by atoms with Gasteiger partial charge in [0.1, 0.15) is 0 Å². The van der Waals surface area contributed by atoms with E-state index in [-0.39, 0.29) is 18.9 Å². The van der Waals surface area contributed by atoms with Crippen LogP contribution in [0.2, 0.25) is 5.02 Å². The molecule has 3 rings (SSSR count). The van der Waals surface area contributed by atoms with E-state index in [9.17, 15) is 13.2 Å². The Labute approximate surface area is 205 Å². The Morgan fingerprint density at radius 3 is 2.36 bits per heavy atom. The fourth-order valence-electron chi connectivity index (χ4n) is 3.31. The molecular weight excluding hydrogens is 476 g/mol. The number of benzene rings is 3. The molecule has 0 aliphatic rings. The Hall–Kier alpha value is -2.48. The average molecular weight is 503 g/mol. The molecule has 3 aromatic rings. The summed E-state index contributed by atoms with van der Waals surface area (Å²) in [5, 5.41) is 3.39. The van der Waals surface area contributed by atoms with Gasteiger partial charge in [-0.15, -0.1) is 11.8 Å². The summed E-state index contributed by atoms with van der Waals surface area (Å²) in [7, 11) is -3.50. The number of nitrogens with zero attached hydrogens (tertiary/aromatic N) is 1. The quantitative estimate of drug-likeness (QED) is 0.339. The minimum Gasteiger partial charge on any atom is -0.326 e. The van der Waals surface area contributed by atoms with Crippen LogP contribution in [0.25, 0.3) is 0 Å². The molecule has 8 heteroatoms. The van der Waals surface area contributed by atoms with Crippen LogP contribution in [-0.2, 0) is 20.6 Å². The van der Waals surface area contributed by atoms with Crippen molar-refractivity contribution >= 4 is 50.7 Å². The van der Waals surface area contributed by atoms with Crippen molar-refractivity contribution in [1.29, 1.82) is 0 Å². The third-order valence-corrected chi connectivity index (χ3v) is 7.73. The lowest BCUT2D eigenvalue weighted by Gasteiger charge is -2.24. The highest BCUT2D eigenvalue weighted by atomic mass is 35.5. The van der Waals surface area contributed by atoms with Crippen molar-refractivity contribution in [1.82, 2.24) is 0 Å². The van der Waals surface area contributed by atoms with E-state index in [4.69, 9.17) is 11.6 Å². The third kappa shape index (κ3) is 7.52. The highest BCUT2D eigenvalue weighted by Crippen LogP contribution is 2.28. The minimum atomic E-state index is -3.50. The SMILES string of the molecule is Cc1c(Cl)cccc1N(CCCC(=O)Nc1ccc(CSc2ccccc2)cc1)S(C)(=O)=O. The van der Waals surface area contributed by atoms with Gasteiger partial charge in [-0.25, -0.2) is 8.42 Å². The van der Waals surface area contributed by atoms with E-state index in [1.54, 1.807) is 36.9 Å². The molecule has 33 heavy (non-hydrogen) atoms. The van der Waals surface area contributed by atoms with Gasteiger partial charge < -0.3 is 5.32 Å². The molecule has 0 heterocycles. The zero-order valence-electron chi connectivity index (χ0n) is 18.6. The summed E-state index contributed by atoms with van der Waals surface area (Å²) in [6, 6.07) is 23.1. The molecule has 0 atom stereocenters. The summed E-state index contributed by atoms with van der Waals surface area (Å²) in [6.07, 6.45) is 1.75. The molecule has 0 unspecified atom stereocenters. The molecule has 5 nitrogen and oxygen atoms in total. The zero-order chi connectivity index (χ0) is 23.8. The lowest BCUT2D eigenvalue weighted by Crippen LogP contribution is -2.32. The minimum absolute atomic E-state index is 0.155. The highest BCUT2D eigenvalue weighted by Gasteiger charge is 2.20. The first-order valence-corrected chi connectivity index (χ1v) is 13.7. The van der Waals surface area contributed by atoms with E-state index in [0.717, 1.165) is 17.7 Å². The Bertz CT molecular complexity index is 1180. The molecule has 0 fully saturated rings. The number of amides is 1. The lowest BCUT2D eigenvalue weighted by atomic mass is 10.2. The number of carbonyl (C=O) groups excluding carboxylic acids is 1. The fraction of sp³-hybridized carbons (Fsp3) is 0.240. The van der Waals surface area contributed by atoms with Crippen LogP contribution in [0.1, 0.15) is 24.0 Å². The molecule has 0 aliphatic heterocycles. The molecule has 0 bridgehead atoms. The van der Waals surface area contributed by atoms with Gasteiger partial charge in [-0.2, -0.15) is 0 Å². The van der Waals surface area contributed by atoms with Crippen LogP contribution >= 0.6 is 23.4 Å². The Morgan fingerprint density at radius 1 is 1.00 bits per heavy atom. The Kier molecular flexibility index (Phi) is 8.83. The second kappa shape index (κ2) is 11.6. The molecule has 174 valence electrons. The van der Waals surface area contributed by atoms with Crippen LogP contribution in [0.5, 0.6) is 0 Å². The number of carbonyl (C=O) groups is 1. The summed E-state index contributed by atoms with van der Waals surface area (Å²) in [5.74, 6) is 0.695. The Balaban J connectivity index is 1.51. The first-order chi connectivity index (χ1) is 15.7. The van der Waals surface area contributed by atoms with Crippen LogP contribution in [-0.4, -0.2) is 27.1 Å². The van der Waals surface area contributed by atoms with E-state index in [2.05, 4.69) is 17.4 Å². The predicted molar refractivity (Wildman–Crippen MR) is 139 cm³/mol. The summed E-state index contributed by atoms with van der Waals surface area (Å²) in [5.41, 5.74) is 3.12. The highest BCUT2D eigenvalue weighted by molar-refractivity contribution is 7.98. The number of hydrogen-bond acceptors (Lipinski definition) is 4. The van der Waals surface area contributed by atoms with Crippen LogP contribution in [0, 0.1) is 6.92 Å². The van der Waals surface area contributed by atoms with Gasteiger partial charge in [0.2, 0.25) is 15.9 Å². The number of hydrogen-bond donors (Lipinski definition) is 1. The number of anilines is 2. The zero-order valence-corrected chi connectivity index (χ0v) is 21.0. The van der Waals surface area contributed by atoms with Crippen LogP contribution in [0.15, 0.2) is 77.7 Å². The molecule has 0 aliphatic carbocycles. The molecule has 3 aromatic carbocycles. The smallest absolute Gasteiger partial charge is 0.232 e. The number of halogens is 1. The van der Waals surface area contributed by atoms with E-state index >= 15 is 0 Å². The largest absolute Gasteiger partial charge is 0.326 e. The number of thioether (sulfide) groups is 1. The van der Waals surface area contributed by atoms with Gasteiger partial charge >= 0.3 is 0 Å². The standard InChI is InChI=1S/C25H27ClN2O3S2/c1-19-23(26)10-6-11-24(19)28(33(2,30)31)17-7-12-25(29)27-21-15-13-20(14-16-21)18-32-22-8-4-3-5-9-22/h3-6,8-11,13-16H,7,12,17-18H2,1-2H3,(H,27,29). The summed E-state index contributed by atoms with van der Waals surface area (Å²) in [4.78, 5) is 13.6. The maximum atomic E-state index is 12.4. The van der Waals surface area contributed by atoms with Crippen LogP contribution in [0.4, 0.5) is 11.4 Å². The molecule has 0 saturated heterocycles. The van der Waals surface area contributed by atoms with Crippen molar-refractivity contribution < 1.29 is 13.2 Å². The van der Waals surface area contributed by atoms with Crippen molar-refractivity contribution in [2.24, 2.45) is 0 Å². The van der Waals surface area contributed by atoms with Gasteiger partial charge in [0.15, 0.2) is 0 Å². The van der Waals surface area contributed by atoms with E-state index in [1.165, 1.54) is 14.8 Å². The summed E-state index contributed by atoms with van der Waals surface area (Å²) in [6.45, 7) is 1.98. The van der Waals surface area contributed by atoms with Crippen molar-refractivity contribution in [3.63, 3.8) is 0 Å². The van der Waals surface area contributed by atoms with Gasteiger partial charge in [0, 0.05) is 34.3 Å². The summed E-state index contributed by atoms with van der Waals surface area (Å²) < 4.78 is 25.9. The van der Waals surface area contributed by atoms with E-state index < -0.39 is 10.0 Å². The lowest BCUT2D eigenvalue weighted by molar-refractivity contribution is -0.116. The van der Waals surface area contributed by atoms with Crippen molar-refractivity contribution in [2.75, 3.05) is 22.4 Å². The maximum Gasteiger partial charge on any atom is 0.232 e. The first-order valence-electron chi connectivity index (χ1n) is 10.5. The second-order valence-corrected chi connectivity index (χ2v) is 11.0. The number of sulfonamides is 1. The first kappa shape index (κ1) is 25.1. The molecule has 0 saturated carbocycles. The Morgan fingerprint density at radius 2 is 1.70 bits per heavy atom. The fourth-order valence-corrected chi connectivity index (χ4v) is 5.37. The van der Waals surface area contributed by atoms with E-state index in [0.29, 0.717) is 22.7 Å². The molecule has 1 amide bonds. The number of rotatable bonds is 10. The molecule has 0 radical (unpaired) electrons. The van der Waals surface area contributed by atoms with E-state index in [1.807, 2.05) is 42.5 Å². The predicted octanol–water partition coefficient (Wildman–Crippen LogP) is 6.13. The topological polar surface area (TPSA) is 66.5 Å². The van der Waals surface area contributed by atoms with Crippen molar-refractivity contribution in [3.05, 3.63) is 88.9 Å². The van der Waals surface area contributed by atoms with Crippen LogP contribution < -0.4 is 9.62 Å². The summed E-state index contributed by atoms with van der Waals surface area (Å²) >= 11 is 7.92. The van der Waals surface area contributed by atoms with Crippen LogP contribution in [0.3, 0.4) is 0 Å². The van der Waals surface area contributed by atoms with Crippen molar-refractivity contribution in [3.8, 4) is 0 Å². The van der Waals surface area contributed by atoms with Crippen molar-refractivity contribution in [2.45, 2.75) is 30.4 Å². The van der Waals surface area contributed by atoms with Gasteiger partial charge in [0.25, 0.3) is 0 Å². The number of nitrogens with one attached hydrogen (secondary N) is 1. The van der Waals surface area contributed by atoms with Gasteiger partial charge in [-0.3, -0.25) is 9.10 Å². The molecular formula is C25H27ClN2O3S2. The second-order valence-electron chi connectivity index (χ2n) is 7.67. The molecule has 1 N–H and O–H groups in total. The van der Waals surface area contributed by atoms with Gasteiger partial charge in [-0.1, -0.05) is 48.0 Å². The van der Waals surface area contributed by atoms with Gasteiger partial charge in [-0.05, 0) is 60.9 Å². The average Bonchev–Trinajstić information content (AvgIpc) is 2.78. The monoisotopic (exact) mass is 502 g/mol. The molecule has 0 spiro atoms. The third-order valence-electron chi connectivity index (χ3n) is 5.06. The molecule has 0 aromatic heterocycles. The maximum absolute atomic E-state index is 12.4.